The molecule has 0 bridgehead atoms. The Kier molecular flexibility index (Phi) is 5.15. The van der Waals surface area contributed by atoms with Gasteiger partial charge in [-0.25, -0.2) is 0 Å². The lowest BCUT2D eigenvalue weighted by atomic mass is 10.1. The second kappa shape index (κ2) is 7.28. The van der Waals surface area contributed by atoms with Gasteiger partial charge in [-0.2, -0.15) is 0 Å². The highest BCUT2D eigenvalue weighted by Crippen LogP contribution is 2.20. The minimum Gasteiger partial charge on any atom is -0.484 e. The van der Waals surface area contributed by atoms with Crippen molar-refractivity contribution in [3.63, 3.8) is 0 Å². The number of carbonyl (C=O) groups excluding carboxylic acids is 2. The normalized spacial score (nSPS) is 10.1. The fourth-order valence-corrected chi connectivity index (χ4v) is 1.90. The van der Waals surface area contributed by atoms with E-state index in [9.17, 15) is 9.59 Å². The van der Waals surface area contributed by atoms with Gasteiger partial charge in [0.1, 0.15) is 5.75 Å². The third kappa shape index (κ3) is 4.49. The van der Waals surface area contributed by atoms with Crippen molar-refractivity contribution in [2.75, 3.05) is 19.7 Å². The molecule has 0 aliphatic carbocycles. The largest absolute Gasteiger partial charge is 0.484 e. The standard InChI is InChI=1S/C16H18N2O3/c1-2-17-15(19)10-18-16(20)11-21-14-8-7-12-5-3-4-6-13(12)9-14/h3-9H,2,10-11H2,1H3,(H,17,19)(H,18,20). The van der Waals surface area contributed by atoms with E-state index < -0.39 is 0 Å². The number of rotatable bonds is 6. The zero-order valence-electron chi connectivity index (χ0n) is 11.9. The van der Waals surface area contributed by atoms with E-state index in [0.29, 0.717) is 12.3 Å². The molecular weight excluding hydrogens is 268 g/mol. The van der Waals surface area contributed by atoms with Gasteiger partial charge in [-0.1, -0.05) is 30.3 Å². The van der Waals surface area contributed by atoms with Crippen molar-refractivity contribution in [3.05, 3.63) is 42.5 Å². The van der Waals surface area contributed by atoms with Gasteiger partial charge in [0.25, 0.3) is 5.91 Å². The fourth-order valence-electron chi connectivity index (χ4n) is 1.90. The van der Waals surface area contributed by atoms with E-state index in [1.54, 1.807) is 0 Å². The Morgan fingerprint density at radius 3 is 2.52 bits per heavy atom. The summed E-state index contributed by atoms with van der Waals surface area (Å²) in [5.41, 5.74) is 0. The number of hydrogen-bond acceptors (Lipinski definition) is 3. The predicted molar refractivity (Wildman–Crippen MR) is 81.1 cm³/mol. The van der Waals surface area contributed by atoms with Crippen LogP contribution in [0.5, 0.6) is 5.75 Å². The van der Waals surface area contributed by atoms with E-state index in [1.807, 2.05) is 49.4 Å². The van der Waals surface area contributed by atoms with Crippen LogP contribution in [0.3, 0.4) is 0 Å². The van der Waals surface area contributed by atoms with E-state index in [0.717, 1.165) is 10.8 Å². The minimum atomic E-state index is -0.325. The average molecular weight is 286 g/mol. The number of carbonyl (C=O) groups is 2. The maximum absolute atomic E-state index is 11.6. The molecule has 2 amide bonds. The molecule has 5 heteroatoms. The van der Waals surface area contributed by atoms with E-state index in [2.05, 4.69) is 10.6 Å². The Hall–Kier alpha value is -2.56. The predicted octanol–water partition coefficient (Wildman–Crippen LogP) is 1.47. The van der Waals surface area contributed by atoms with Crippen molar-refractivity contribution < 1.29 is 14.3 Å². The molecule has 2 rings (SSSR count). The van der Waals surface area contributed by atoms with Crippen LogP contribution in [0.15, 0.2) is 42.5 Å². The molecule has 2 aromatic carbocycles. The van der Waals surface area contributed by atoms with Crippen molar-refractivity contribution in [1.82, 2.24) is 10.6 Å². The summed E-state index contributed by atoms with van der Waals surface area (Å²) >= 11 is 0. The molecule has 0 aromatic heterocycles. The third-order valence-corrected chi connectivity index (χ3v) is 2.91. The van der Waals surface area contributed by atoms with Gasteiger partial charge in [-0.15, -0.1) is 0 Å². The molecule has 0 saturated heterocycles. The third-order valence-electron chi connectivity index (χ3n) is 2.91. The summed E-state index contributed by atoms with van der Waals surface area (Å²) in [7, 11) is 0. The van der Waals surface area contributed by atoms with Crippen LogP contribution in [0, 0.1) is 0 Å². The van der Waals surface area contributed by atoms with E-state index >= 15 is 0 Å². The Bertz CT molecular complexity index is 640. The van der Waals surface area contributed by atoms with Crippen LogP contribution < -0.4 is 15.4 Å². The first-order valence-electron chi connectivity index (χ1n) is 6.84. The zero-order chi connectivity index (χ0) is 15.1. The van der Waals surface area contributed by atoms with Crippen LogP contribution in [0.2, 0.25) is 0 Å². The Morgan fingerprint density at radius 2 is 1.76 bits per heavy atom. The van der Waals surface area contributed by atoms with Gasteiger partial charge in [0, 0.05) is 6.54 Å². The SMILES string of the molecule is CCNC(=O)CNC(=O)COc1ccc2ccccc2c1. The van der Waals surface area contributed by atoms with E-state index in [-0.39, 0.29) is 25.0 Å². The summed E-state index contributed by atoms with van der Waals surface area (Å²) in [5.74, 6) is 0.0906. The van der Waals surface area contributed by atoms with Crippen LogP contribution in [0.25, 0.3) is 10.8 Å². The number of fused-ring (bicyclic) bond motifs is 1. The first-order chi connectivity index (χ1) is 10.2. The van der Waals surface area contributed by atoms with Crippen LogP contribution in [0.1, 0.15) is 6.92 Å². The van der Waals surface area contributed by atoms with E-state index in [4.69, 9.17) is 4.74 Å². The maximum atomic E-state index is 11.6. The summed E-state index contributed by atoms with van der Waals surface area (Å²) in [6, 6.07) is 13.6. The number of hydrogen-bond donors (Lipinski definition) is 2. The topological polar surface area (TPSA) is 67.4 Å². The molecule has 0 aliphatic rings. The highest BCUT2D eigenvalue weighted by atomic mass is 16.5. The van der Waals surface area contributed by atoms with Crippen molar-refractivity contribution in [1.29, 1.82) is 0 Å². The monoisotopic (exact) mass is 286 g/mol. The molecule has 2 aromatic rings. The van der Waals surface area contributed by atoms with Gasteiger partial charge in [0.2, 0.25) is 5.91 Å². The molecule has 0 atom stereocenters. The molecule has 0 fully saturated rings. The summed E-state index contributed by atoms with van der Waals surface area (Å²) in [4.78, 5) is 22.8. The van der Waals surface area contributed by atoms with Crippen molar-refractivity contribution in [3.8, 4) is 5.75 Å². The summed E-state index contributed by atoms with van der Waals surface area (Å²) in [6.07, 6.45) is 0. The highest BCUT2D eigenvalue weighted by Gasteiger charge is 2.05. The summed E-state index contributed by atoms with van der Waals surface area (Å²) in [6.45, 7) is 2.22. The molecule has 0 radical (unpaired) electrons. The fraction of sp³-hybridized carbons (Fsp3) is 0.250. The molecule has 5 nitrogen and oxygen atoms in total. The van der Waals surface area contributed by atoms with Crippen molar-refractivity contribution in [2.45, 2.75) is 6.92 Å². The molecule has 110 valence electrons. The van der Waals surface area contributed by atoms with E-state index in [1.165, 1.54) is 0 Å². The summed E-state index contributed by atoms with van der Waals surface area (Å²) in [5, 5.41) is 7.27. The average Bonchev–Trinajstić information content (AvgIpc) is 2.51. The first-order valence-corrected chi connectivity index (χ1v) is 6.84. The number of benzene rings is 2. The second-order valence-corrected chi connectivity index (χ2v) is 4.53. The van der Waals surface area contributed by atoms with Gasteiger partial charge in [-0.05, 0) is 29.8 Å². The molecule has 0 saturated carbocycles. The molecule has 21 heavy (non-hydrogen) atoms. The van der Waals surface area contributed by atoms with Gasteiger partial charge in [0.05, 0.1) is 6.54 Å². The number of likely N-dealkylation sites (N-methyl/N-ethyl adjacent to an activating group) is 1. The van der Waals surface area contributed by atoms with Gasteiger partial charge < -0.3 is 15.4 Å². The molecule has 0 aliphatic heterocycles. The Balaban J connectivity index is 1.83. The van der Waals surface area contributed by atoms with Gasteiger partial charge in [0.15, 0.2) is 6.61 Å². The second-order valence-electron chi connectivity index (χ2n) is 4.53. The highest BCUT2D eigenvalue weighted by molar-refractivity contribution is 5.86. The van der Waals surface area contributed by atoms with Gasteiger partial charge >= 0.3 is 0 Å². The molecule has 0 spiro atoms. The van der Waals surface area contributed by atoms with Crippen LogP contribution in [-0.4, -0.2) is 31.5 Å². The Labute approximate surface area is 123 Å². The van der Waals surface area contributed by atoms with Gasteiger partial charge in [-0.3, -0.25) is 9.59 Å². The van der Waals surface area contributed by atoms with Crippen LogP contribution in [0.4, 0.5) is 0 Å². The molecule has 2 N–H and O–H groups in total. The van der Waals surface area contributed by atoms with Crippen molar-refractivity contribution >= 4 is 22.6 Å². The smallest absolute Gasteiger partial charge is 0.258 e. The molecular formula is C16H18N2O3. The maximum Gasteiger partial charge on any atom is 0.258 e. The zero-order valence-corrected chi connectivity index (χ0v) is 11.9. The summed E-state index contributed by atoms with van der Waals surface area (Å²) < 4.78 is 5.42. The quantitative estimate of drug-likeness (QED) is 0.845. The first kappa shape index (κ1) is 14.8. The minimum absolute atomic E-state index is 0.0340. The lowest BCUT2D eigenvalue weighted by Gasteiger charge is -2.08. The molecule has 0 unspecified atom stereocenters. The van der Waals surface area contributed by atoms with Crippen LogP contribution in [-0.2, 0) is 9.59 Å². The number of nitrogens with one attached hydrogen (secondary N) is 2. The lowest BCUT2D eigenvalue weighted by Crippen LogP contribution is -2.38. The molecule has 0 heterocycles. The number of amides is 2. The Morgan fingerprint density at radius 1 is 1.00 bits per heavy atom. The lowest BCUT2D eigenvalue weighted by molar-refractivity contribution is -0.127. The van der Waals surface area contributed by atoms with Crippen molar-refractivity contribution in [2.24, 2.45) is 0 Å². The number of ether oxygens (including phenoxy) is 1. The van der Waals surface area contributed by atoms with Crippen LogP contribution >= 0.6 is 0 Å².